The van der Waals surface area contributed by atoms with Gasteiger partial charge in [0.1, 0.15) is 0 Å². The highest BCUT2D eigenvalue weighted by atomic mass is 32.1. The molecule has 1 amide bonds. The van der Waals surface area contributed by atoms with Gasteiger partial charge in [0.15, 0.2) is 0 Å². The number of aliphatic hydroxyl groups excluding tert-OH is 1. The Morgan fingerprint density at radius 3 is 2.66 bits per heavy atom. The zero-order valence-electron chi connectivity index (χ0n) is 17.6. The molecule has 0 spiro atoms. The van der Waals surface area contributed by atoms with Gasteiger partial charge in [-0.15, -0.1) is 11.3 Å². The molecule has 0 aliphatic carbocycles. The summed E-state index contributed by atoms with van der Waals surface area (Å²) in [4.78, 5) is 16.3. The third kappa shape index (κ3) is 5.92. The second kappa shape index (κ2) is 9.11. The van der Waals surface area contributed by atoms with Crippen LogP contribution in [0.5, 0.6) is 0 Å². The lowest BCUT2D eigenvalue weighted by Crippen LogP contribution is -2.40. The van der Waals surface area contributed by atoms with Gasteiger partial charge in [-0.1, -0.05) is 6.07 Å². The number of nitrogens with one attached hydrogen (secondary N) is 3. The standard InChI is InChI=1S/C18H20N2OS.C5H11NO/c1-11-7-13-8-12(5-6-15(13)19-11)14-9-16(22-10-14)17(21)20-18(2,3)4;7-4-5-2-1-3-6-5/h5-10,19H,1-4H3,(H,20,21);5-7H,1-4H2. The van der Waals surface area contributed by atoms with E-state index >= 15 is 0 Å². The summed E-state index contributed by atoms with van der Waals surface area (Å²) in [6, 6.07) is 10.8. The van der Waals surface area contributed by atoms with Crippen LogP contribution in [0.3, 0.4) is 0 Å². The van der Waals surface area contributed by atoms with E-state index in [9.17, 15) is 4.79 Å². The van der Waals surface area contributed by atoms with E-state index in [0.29, 0.717) is 12.6 Å². The molecule has 2 aromatic heterocycles. The van der Waals surface area contributed by atoms with Crippen molar-refractivity contribution in [3.05, 3.63) is 46.3 Å². The highest BCUT2D eigenvalue weighted by Gasteiger charge is 2.17. The summed E-state index contributed by atoms with van der Waals surface area (Å²) in [7, 11) is 0. The van der Waals surface area contributed by atoms with Gasteiger partial charge in [0.05, 0.1) is 11.5 Å². The maximum atomic E-state index is 12.2. The van der Waals surface area contributed by atoms with E-state index in [2.05, 4.69) is 46.8 Å². The van der Waals surface area contributed by atoms with Crippen LogP contribution in [-0.2, 0) is 0 Å². The molecule has 0 radical (unpaired) electrons. The average Bonchev–Trinajstić information content (AvgIpc) is 3.39. The Kier molecular flexibility index (Phi) is 6.77. The molecule has 1 aromatic carbocycles. The van der Waals surface area contributed by atoms with Gasteiger partial charge in [0.2, 0.25) is 0 Å². The number of aliphatic hydroxyl groups is 1. The minimum absolute atomic E-state index is 0.0117. The van der Waals surface area contributed by atoms with Crippen molar-refractivity contribution >= 4 is 28.1 Å². The molecule has 1 unspecified atom stereocenters. The molecular formula is C23H31N3O2S. The monoisotopic (exact) mass is 413 g/mol. The summed E-state index contributed by atoms with van der Waals surface area (Å²) in [6.45, 7) is 9.41. The number of hydrogen-bond acceptors (Lipinski definition) is 4. The smallest absolute Gasteiger partial charge is 0.261 e. The van der Waals surface area contributed by atoms with Crippen LogP contribution in [0.25, 0.3) is 22.0 Å². The molecule has 0 saturated carbocycles. The second-order valence-corrected chi connectivity index (χ2v) is 9.55. The summed E-state index contributed by atoms with van der Waals surface area (Å²) >= 11 is 1.48. The fourth-order valence-corrected chi connectivity index (χ4v) is 4.19. The van der Waals surface area contributed by atoms with Gasteiger partial charge in [-0.25, -0.2) is 0 Å². The van der Waals surface area contributed by atoms with Gasteiger partial charge in [-0.3, -0.25) is 4.79 Å². The Morgan fingerprint density at radius 2 is 2.03 bits per heavy atom. The van der Waals surface area contributed by atoms with Gasteiger partial charge in [-0.2, -0.15) is 0 Å². The van der Waals surface area contributed by atoms with Crippen LogP contribution in [0.2, 0.25) is 0 Å². The molecule has 3 aromatic rings. The number of rotatable bonds is 3. The minimum atomic E-state index is -0.219. The van der Waals surface area contributed by atoms with Crippen molar-refractivity contribution in [3.8, 4) is 11.1 Å². The lowest BCUT2D eigenvalue weighted by molar-refractivity contribution is 0.0923. The van der Waals surface area contributed by atoms with E-state index in [-0.39, 0.29) is 11.4 Å². The quantitative estimate of drug-likeness (QED) is 0.512. The van der Waals surface area contributed by atoms with Crippen LogP contribution < -0.4 is 10.6 Å². The number of aromatic nitrogens is 1. The highest BCUT2D eigenvalue weighted by Crippen LogP contribution is 2.29. The van der Waals surface area contributed by atoms with Gasteiger partial charge in [0, 0.05) is 28.2 Å². The molecule has 5 nitrogen and oxygen atoms in total. The molecule has 4 N–H and O–H groups in total. The van der Waals surface area contributed by atoms with Crippen molar-refractivity contribution in [2.24, 2.45) is 0 Å². The number of H-pyrrole nitrogens is 1. The van der Waals surface area contributed by atoms with E-state index in [1.165, 1.54) is 23.1 Å². The van der Waals surface area contributed by atoms with E-state index < -0.39 is 0 Å². The van der Waals surface area contributed by atoms with Gasteiger partial charge in [-0.05, 0) is 87.9 Å². The third-order valence-electron chi connectivity index (χ3n) is 4.78. The number of carbonyl (C=O) groups is 1. The van der Waals surface area contributed by atoms with E-state index in [1.807, 2.05) is 32.2 Å². The van der Waals surface area contributed by atoms with Gasteiger partial charge >= 0.3 is 0 Å². The molecule has 4 rings (SSSR count). The lowest BCUT2D eigenvalue weighted by Gasteiger charge is -2.19. The normalized spacial score (nSPS) is 16.5. The predicted molar refractivity (Wildman–Crippen MR) is 122 cm³/mol. The van der Waals surface area contributed by atoms with E-state index in [1.54, 1.807) is 0 Å². The molecular weight excluding hydrogens is 382 g/mol. The fraction of sp³-hybridized carbons (Fsp3) is 0.435. The molecule has 3 heterocycles. The van der Waals surface area contributed by atoms with Crippen LogP contribution in [0, 0.1) is 6.92 Å². The Bertz CT molecular complexity index is 962. The Balaban J connectivity index is 0.000000290. The van der Waals surface area contributed by atoms with E-state index in [0.717, 1.165) is 40.2 Å². The van der Waals surface area contributed by atoms with Crippen molar-refractivity contribution in [2.75, 3.05) is 13.2 Å². The predicted octanol–water partition coefficient (Wildman–Crippen LogP) is 4.46. The van der Waals surface area contributed by atoms with Crippen molar-refractivity contribution in [1.29, 1.82) is 0 Å². The number of fused-ring (bicyclic) bond motifs is 1. The molecule has 1 atom stereocenters. The molecule has 0 bridgehead atoms. The Hall–Kier alpha value is -2.15. The summed E-state index contributed by atoms with van der Waals surface area (Å²) in [5, 5.41) is 17.9. The fourth-order valence-electron chi connectivity index (χ4n) is 3.38. The van der Waals surface area contributed by atoms with Gasteiger partial charge in [0.25, 0.3) is 5.91 Å². The van der Waals surface area contributed by atoms with Gasteiger partial charge < -0.3 is 20.7 Å². The molecule has 1 saturated heterocycles. The number of benzene rings is 1. The van der Waals surface area contributed by atoms with Crippen LogP contribution in [0.4, 0.5) is 0 Å². The molecule has 1 aliphatic heterocycles. The number of thiophene rings is 1. The number of aryl methyl sites for hydroxylation is 1. The minimum Gasteiger partial charge on any atom is -0.395 e. The Labute approximate surface area is 176 Å². The van der Waals surface area contributed by atoms with Crippen LogP contribution in [-0.4, -0.2) is 40.7 Å². The first-order valence-corrected chi connectivity index (χ1v) is 11.0. The average molecular weight is 414 g/mol. The second-order valence-electron chi connectivity index (χ2n) is 8.63. The van der Waals surface area contributed by atoms with Crippen molar-refractivity contribution in [3.63, 3.8) is 0 Å². The summed E-state index contributed by atoms with van der Waals surface area (Å²) < 4.78 is 0. The lowest BCUT2D eigenvalue weighted by atomic mass is 10.1. The summed E-state index contributed by atoms with van der Waals surface area (Å²) in [5.41, 5.74) is 4.30. The zero-order chi connectivity index (χ0) is 21.0. The first-order valence-electron chi connectivity index (χ1n) is 10.1. The molecule has 1 fully saturated rings. The topological polar surface area (TPSA) is 77.2 Å². The molecule has 156 valence electrons. The maximum absolute atomic E-state index is 12.2. The third-order valence-corrected chi connectivity index (χ3v) is 5.71. The largest absolute Gasteiger partial charge is 0.395 e. The number of carbonyl (C=O) groups excluding carboxylic acids is 1. The van der Waals surface area contributed by atoms with Crippen molar-refractivity contribution < 1.29 is 9.90 Å². The van der Waals surface area contributed by atoms with Crippen molar-refractivity contribution in [1.82, 2.24) is 15.6 Å². The summed E-state index contributed by atoms with van der Waals surface area (Å²) in [6.07, 6.45) is 2.38. The molecule has 29 heavy (non-hydrogen) atoms. The van der Waals surface area contributed by atoms with Crippen LogP contribution in [0.15, 0.2) is 35.7 Å². The molecule has 6 heteroatoms. The molecule has 1 aliphatic rings. The van der Waals surface area contributed by atoms with Crippen LogP contribution >= 0.6 is 11.3 Å². The SMILES string of the molecule is Cc1cc2cc(-c3csc(C(=O)NC(C)(C)C)c3)ccc2[nH]1.OCC1CCCN1. The Morgan fingerprint density at radius 1 is 1.24 bits per heavy atom. The maximum Gasteiger partial charge on any atom is 0.261 e. The van der Waals surface area contributed by atoms with Crippen molar-refractivity contribution in [2.45, 2.75) is 52.1 Å². The summed E-state index contributed by atoms with van der Waals surface area (Å²) in [5.74, 6) is -0.0117. The highest BCUT2D eigenvalue weighted by molar-refractivity contribution is 7.12. The van der Waals surface area contributed by atoms with Crippen LogP contribution in [0.1, 0.15) is 49.0 Å². The number of hydrogen-bond donors (Lipinski definition) is 4. The van der Waals surface area contributed by atoms with E-state index in [4.69, 9.17) is 5.11 Å². The number of amides is 1. The first-order chi connectivity index (χ1) is 13.7. The first kappa shape index (κ1) is 21.6. The zero-order valence-corrected chi connectivity index (χ0v) is 18.5. The number of aromatic amines is 1.